The zero-order valence-electron chi connectivity index (χ0n) is 7.80. The topological polar surface area (TPSA) is 12.0 Å². The number of fused-ring (bicyclic) bond motifs is 1. The maximum atomic E-state index is 3.68. The molecule has 2 rings (SSSR count). The standard InChI is InChI=1S/C10H19N/c1-6-4-7(2)11-10-5-9(10)8(6)3/h6-11H,4-5H2,1-3H3. The fourth-order valence-electron chi connectivity index (χ4n) is 2.62. The molecule has 0 amide bonds. The molecule has 1 nitrogen and oxygen atoms in total. The van der Waals surface area contributed by atoms with Gasteiger partial charge in [-0.25, -0.2) is 0 Å². The van der Waals surface area contributed by atoms with Gasteiger partial charge in [0.15, 0.2) is 0 Å². The summed E-state index contributed by atoms with van der Waals surface area (Å²) in [6, 6.07) is 1.63. The van der Waals surface area contributed by atoms with Crippen LogP contribution in [-0.4, -0.2) is 12.1 Å². The average Bonchev–Trinajstić information content (AvgIpc) is 2.64. The van der Waals surface area contributed by atoms with Crippen LogP contribution in [0.2, 0.25) is 0 Å². The third kappa shape index (κ3) is 1.31. The van der Waals surface area contributed by atoms with Crippen LogP contribution in [0.1, 0.15) is 33.6 Å². The van der Waals surface area contributed by atoms with Crippen molar-refractivity contribution in [3.8, 4) is 0 Å². The van der Waals surface area contributed by atoms with Crippen molar-refractivity contribution in [2.75, 3.05) is 0 Å². The largest absolute Gasteiger partial charge is 0.311 e. The monoisotopic (exact) mass is 153 g/mol. The number of hydrogen-bond donors (Lipinski definition) is 1. The van der Waals surface area contributed by atoms with Crippen LogP contribution in [0, 0.1) is 17.8 Å². The Morgan fingerprint density at radius 1 is 1.09 bits per heavy atom. The first-order chi connectivity index (χ1) is 5.18. The lowest BCUT2D eigenvalue weighted by atomic mass is 9.88. The number of hydrogen-bond acceptors (Lipinski definition) is 1. The van der Waals surface area contributed by atoms with Crippen molar-refractivity contribution in [2.24, 2.45) is 17.8 Å². The lowest BCUT2D eigenvalue weighted by Crippen LogP contribution is -2.28. The van der Waals surface area contributed by atoms with E-state index in [-0.39, 0.29) is 0 Å². The summed E-state index contributed by atoms with van der Waals surface area (Å²) >= 11 is 0. The van der Waals surface area contributed by atoms with Crippen LogP contribution in [0.25, 0.3) is 0 Å². The molecule has 0 bridgehead atoms. The van der Waals surface area contributed by atoms with E-state index in [4.69, 9.17) is 0 Å². The summed E-state index contributed by atoms with van der Waals surface area (Å²) in [4.78, 5) is 0. The van der Waals surface area contributed by atoms with Crippen molar-refractivity contribution < 1.29 is 0 Å². The van der Waals surface area contributed by atoms with Gasteiger partial charge >= 0.3 is 0 Å². The van der Waals surface area contributed by atoms with Crippen LogP contribution >= 0.6 is 0 Å². The predicted molar refractivity (Wildman–Crippen MR) is 47.4 cm³/mol. The molecule has 1 saturated heterocycles. The highest BCUT2D eigenvalue weighted by molar-refractivity contribution is 5.00. The van der Waals surface area contributed by atoms with E-state index in [9.17, 15) is 0 Å². The Morgan fingerprint density at radius 2 is 1.82 bits per heavy atom. The Balaban J connectivity index is 2.04. The van der Waals surface area contributed by atoms with E-state index in [1.807, 2.05) is 0 Å². The minimum absolute atomic E-state index is 0.755. The van der Waals surface area contributed by atoms with Gasteiger partial charge in [-0.1, -0.05) is 13.8 Å². The molecule has 1 N–H and O–H groups in total. The molecule has 5 atom stereocenters. The normalized spacial score (nSPS) is 56.5. The van der Waals surface area contributed by atoms with Crippen LogP contribution < -0.4 is 5.32 Å². The molecule has 1 saturated carbocycles. The molecule has 1 heteroatoms. The first-order valence-corrected chi connectivity index (χ1v) is 4.94. The molecule has 0 aromatic carbocycles. The van der Waals surface area contributed by atoms with E-state index in [0.29, 0.717) is 0 Å². The van der Waals surface area contributed by atoms with Gasteiger partial charge < -0.3 is 5.32 Å². The molecule has 0 aromatic heterocycles. The van der Waals surface area contributed by atoms with Gasteiger partial charge in [0.2, 0.25) is 0 Å². The maximum absolute atomic E-state index is 3.68. The maximum Gasteiger partial charge on any atom is 0.0104 e. The molecule has 0 radical (unpaired) electrons. The van der Waals surface area contributed by atoms with Gasteiger partial charge in [-0.05, 0) is 37.5 Å². The van der Waals surface area contributed by atoms with E-state index in [1.54, 1.807) is 0 Å². The Morgan fingerprint density at radius 3 is 2.55 bits per heavy atom. The summed E-state index contributed by atoms with van der Waals surface area (Å²) < 4.78 is 0. The van der Waals surface area contributed by atoms with Crippen LogP contribution in [0.4, 0.5) is 0 Å². The molecule has 2 aliphatic rings. The molecule has 5 unspecified atom stereocenters. The van der Waals surface area contributed by atoms with Crippen molar-refractivity contribution in [1.29, 1.82) is 0 Å². The first kappa shape index (κ1) is 7.60. The van der Waals surface area contributed by atoms with Crippen molar-refractivity contribution >= 4 is 0 Å². The van der Waals surface area contributed by atoms with Crippen LogP contribution in [0.5, 0.6) is 0 Å². The van der Waals surface area contributed by atoms with Crippen molar-refractivity contribution in [3.63, 3.8) is 0 Å². The van der Waals surface area contributed by atoms with Crippen LogP contribution in [-0.2, 0) is 0 Å². The molecular weight excluding hydrogens is 134 g/mol. The van der Waals surface area contributed by atoms with Gasteiger partial charge in [-0.3, -0.25) is 0 Å². The molecular formula is C10H19N. The summed E-state index contributed by atoms with van der Waals surface area (Å²) in [5.74, 6) is 2.89. The molecule has 11 heavy (non-hydrogen) atoms. The summed E-state index contributed by atoms with van der Waals surface area (Å²) in [7, 11) is 0. The second-order valence-corrected chi connectivity index (χ2v) is 4.65. The molecule has 0 spiro atoms. The van der Waals surface area contributed by atoms with E-state index in [2.05, 4.69) is 26.1 Å². The number of rotatable bonds is 0. The van der Waals surface area contributed by atoms with E-state index in [0.717, 1.165) is 29.8 Å². The highest BCUT2D eigenvalue weighted by Gasteiger charge is 2.45. The fourth-order valence-corrected chi connectivity index (χ4v) is 2.62. The van der Waals surface area contributed by atoms with Crippen LogP contribution in [0.15, 0.2) is 0 Å². The second kappa shape index (κ2) is 2.48. The summed E-state index contributed by atoms with van der Waals surface area (Å²) in [6.45, 7) is 7.16. The quantitative estimate of drug-likeness (QED) is 0.561. The van der Waals surface area contributed by atoms with Gasteiger partial charge in [0.1, 0.15) is 0 Å². The summed E-state index contributed by atoms with van der Waals surface area (Å²) in [5, 5.41) is 3.68. The van der Waals surface area contributed by atoms with Gasteiger partial charge in [0, 0.05) is 12.1 Å². The van der Waals surface area contributed by atoms with Crippen molar-refractivity contribution in [3.05, 3.63) is 0 Å². The molecule has 1 heterocycles. The Labute approximate surface area is 69.6 Å². The molecule has 0 aromatic rings. The van der Waals surface area contributed by atoms with Crippen molar-refractivity contribution in [1.82, 2.24) is 5.32 Å². The molecule has 2 fully saturated rings. The second-order valence-electron chi connectivity index (χ2n) is 4.65. The predicted octanol–water partition coefficient (Wildman–Crippen LogP) is 2.03. The third-order valence-corrected chi connectivity index (χ3v) is 3.64. The zero-order chi connectivity index (χ0) is 8.01. The van der Waals surface area contributed by atoms with E-state index < -0.39 is 0 Å². The lowest BCUT2D eigenvalue weighted by molar-refractivity contribution is 0.327. The van der Waals surface area contributed by atoms with Gasteiger partial charge in [-0.2, -0.15) is 0 Å². The average molecular weight is 153 g/mol. The van der Waals surface area contributed by atoms with Gasteiger partial charge in [0.25, 0.3) is 0 Å². The SMILES string of the molecule is CC1CC(C)C(C)C2CC2N1. The minimum Gasteiger partial charge on any atom is -0.311 e. The van der Waals surface area contributed by atoms with Gasteiger partial charge in [-0.15, -0.1) is 0 Å². The first-order valence-electron chi connectivity index (χ1n) is 4.94. The molecule has 1 aliphatic carbocycles. The Hall–Kier alpha value is -0.0400. The minimum atomic E-state index is 0.755. The van der Waals surface area contributed by atoms with Crippen LogP contribution in [0.3, 0.4) is 0 Å². The lowest BCUT2D eigenvalue weighted by Gasteiger charge is -2.19. The summed E-state index contributed by atoms with van der Waals surface area (Å²) in [6.07, 6.45) is 2.81. The van der Waals surface area contributed by atoms with Gasteiger partial charge in [0.05, 0.1) is 0 Å². The fraction of sp³-hybridized carbons (Fsp3) is 1.00. The highest BCUT2D eigenvalue weighted by Crippen LogP contribution is 2.44. The third-order valence-electron chi connectivity index (χ3n) is 3.64. The summed E-state index contributed by atoms with van der Waals surface area (Å²) in [5.41, 5.74) is 0. The molecule has 1 aliphatic heterocycles. The van der Waals surface area contributed by atoms with Crippen molar-refractivity contribution in [2.45, 2.75) is 45.7 Å². The molecule has 64 valence electrons. The highest BCUT2D eigenvalue weighted by atomic mass is 15.0. The van der Waals surface area contributed by atoms with E-state index in [1.165, 1.54) is 12.8 Å². The zero-order valence-corrected chi connectivity index (χ0v) is 7.80. The smallest absolute Gasteiger partial charge is 0.0104 e. The Kier molecular flexibility index (Phi) is 1.71. The van der Waals surface area contributed by atoms with E-state index >= 15 is 0 Å². The Bertz CT molecular complexity index is 155. The number of nitrogens with one attached hydrogen (secondary N) is 1.